The van der Waals surface area contributed by atoms with Gasteiger partial charge in [-0.2, -0.15) is 0 Å². The molecule has 1 aromatic heterocycles. The third kappa shape index (κ3) is 4.16. The molecule has 0 saturated heterocycles. The molecule has 2 rings (SSSR count). The number of hydrogen-bond acceptors (Lipinski definition) is 4. The molecular formula is C15H15NO3S2. The normalized spacial score (nSPS) is 12.5. The zero-order valence-corrected chi connectivity index (χ0v) is 13.0. The van der Waals surface area contributed by atoms with Crippen LogP contribution in [0.5, 0.6) is 0 Å². The van der Waals surface area contributed by atoms with Crippen molar-refractivity contribution in [1.82, 2.24) is 4.72 Å². The molecule has 2 N–H and O–H groups in total. The van der Waals surface area contributed by atoms with Crippen molar-refractivity contribution < 1.29 is 13.5 Å². The fraction of sp³-hybridized carbons (Fsp3) is 0.200. The molecule has 0 aliphatic carbocycles. The summed E-state index contributed by atoms with van der Waals surface area (Å²) in [5.74, 6) is 5.24. The fourth-order valence-corrected chi connectivity index (χ4v) is 3.79. The van der Waals surface area contributed by atoms with Gasteiger partial charge in [-0.25, -0.2) is 13.1 Å². The fourth-order valence-electron chi connectivity index (χ4n) is 1.76. The van der Waals surface area contributed by atoms with E-state index in [4.69, 9.17) is 5.11 Å². The molecule has 1 unspecified atom stereocenters. The summed E-state index contributed by atoms with van der Waals surface area (Å²) >= 11 is 1.51. The van der Waals surface area contributed by atoms with Crippen molar-refractivity contribution in [1.29, 1.82) is 0 Å². The minimum atomic E-state index is -3.56. The van der Waals surface area contributed by atoms with Gasteiger partial charge in [0.15, 0.2) is 0 Å². The van der Waals surface area contributed by atoms with Gasteiger partial charge in [0.2, 0.25) is 10.0 Å². The largest absolute Gasteiger partial charge is 0.384 e. The van der Waals surface area contributed by atoms with Crippen LogP contribution >= 0.6 is 11.3 Å². The Morgan fingerprint density at radius 1 is 1.29 bits per heavy atom. The molecule has 0 fully saturated rings. The zero-order chi connectivity index (χ0) is 15.3. The Labute approximate surface area is 128 Å². The third-order valence-corrected chi connectivity index (χ3v) is 5.39. The topological polar surface area (TPSA) is 66.4 Å². The molecule has 0 aliphatic heterocycles. The van der Waals surface area contributed by atoms with E-state index >= 15 is 0 Å². The molecular weight excluding hydrogens is 306 g/mol. The molecule has 1 heterocycles. The van der Waals surface area contributed by atoms with Gasteiger partial charge in [0.25, 0.3) is 0 Å². The van der Waals surface area contributed by atoms with Crippen LogP contribution in [0, 0.1) is 11.8 Å². The number of aliphatic hydroxyl groups excluding tert-OH is 1. The van der Waals surface area contributed by atoms with Crippen molar-refractivity contribution in [3.05, 3.63) is 52.2 Å². The molecule has 0 amide bonds. The minimum Gasteiger partial charge on any atom is -0.384 e. The molecule has 4 nitrogen and oxygen atoms in total. The average molecular weight is 321 g/mol. The number of nitrogens with one attached hydrogen (secondary N) is 1. The molecule has 6 heteroatoms. The Kier molecular flexibility index (Phi) is 5.15. The first kappa shape index (κ1) is 15.7. The number of hydrogen-bond donors (Lipinski definition) is 2. The van der Waals surface area contributed by atoms with Gasteiger partial charge in [-0.15, -0.1) is 11.3 Å². The predicted molar refractivity (Wildman–Crippen MR) is 83.5 cm³/mol. The van der Waals surface area contributed by atoms with Crippen LogP contribution in [0.4, 0.5) is 0 Å². The zero-order valence-electron chi connectivity index (χ0n) is 11.4. The first-order valence-corrected chi connectivity index (χ1v) is 8.65. The predicted octanol–water partition coefficient (Wildman–Crippen LogP) is 2.13. The van der Waals surface area contributed by atoms with E-state index < -0.39 is 10.0 Å². The van der Waals surface area contributed by atoms with Crippen LogP contribution in [-0.4, -0.2) is 20.1 Å². The maximum atomic E-state index is 12.3. The Morgan fingerprint density at radius 3 is 2.57 bits per heavy atom. The van der Waals surface area contributed by atoms with Gasteiger partial charge in [0, 0.05) is 10.4 Å². The quantitative estimate of drug-likeness (QED) is 0.848. The maximum absolute atomic E-state index is 12.3. The summed E-state index contributed by atoms with van der Waals surface area (Å²) in [5, 5.41) is 10.5. The summed E-state index contributed by atoms with van der Waals surface area (Å²) in [7, 11) is -3.56. The number of sulfonamides is 1. The lowest BCUT2D eigenvalue weighted by molar-refractivity contribution is 0.350. The van der Waals surface area contributed by atoms with Crippen molar-refractivity contribution in [3.8, 4) is 11.8 Å². The summed E-state index contributed by atoms with van der Waals surface area (Å²) in [6, 6.07) is 9.75. The molecule has 21 heavy (non-hydrogen) atoms. The lowest BCUT2D eigenvalue weighted by Gasteiger charge is -2.12. The highest BCUT2D eigenvalue weighted by Gasteiger charge is 2.18. The molecule has 0 bridgehead atoms. The molecule has 0 saturated carbocycles. The summed E-state index contributed by atoms with van der Waals surface area (Å²) < 4.78 is 27.2. The van der Waals surface area contributed by atoms with E-state index in [1.807, 2.05) is 24.4 Å². The highest BCUT2D eigenvalue weighted by Crippen LogP contribution is 2.21. The van der Waals surface area contributed by atoms with Crippen molar-refractivity contribution in [2.75, 3.05) is 6.61 Å². The van der Waals surface area contributed by atoms with Crippen LogP contribution in [0.25, 0.3) is 0 Å². The number of aliphatic hydroxyl groups is 1. The summed E-state index contributed by atoms with van der Waals surface area (Å²) in [5.41, 5.74) is 0.661. The van der Waals surface area contributed by atoms with Gasteiger partial charge in [0.05, 0.1) is 10.9 Å². The van der Waals surface area contributed by atoms with Gasteiger partial charge in [-0.1, -0.05) is 17.9 Å². The van der Waals surface area contributed by atoms with Crippen LogP contribution in [0.1, 0.15) is 23.4 Å². The molecule has 0 spiro atoms. The van der Waals surface area contributed by atoms with Crippen molar-refractivity contribution in [2.24, 2.45) is 0 Å². The van der Waals surface area contributed by atoms with E-state index in [-0.39, 0.29) is 17.5 Å². The molecule has 0 aliphatic rings. The second-order valence-electron chi connectivity index (χ2n) is 4.34. The van der Waals surface area contributed by atoms with Crippen LogP contribution in [0.2, 0.25) is 0 Å². The van der Waals surface area contributed by atoms with Crippen molar-refractivity contribution >= 4 is 21.4 Å². The smallest absolute Gasteiger partial charge is 0.241 e. The monoisotopic (exact) mass is 321 g/mol. The molecule has 1 atom stereocenters. The van der Waals surface area contributed by atoms with Crippen molar-refractivity contribution in [3.63, 3.8) is 0 Å². The van der Waals surface area contributed by atoms with Gasteiger partial charge in [0.1, 0.15) is 6.61 Å². The van der Waals surface area contributed by atoms with Gasteiger partial charge in [-0.3, -0.25) is 0 Å². The van der Waals surface area contributed by atoms with E-state index in [0.29, 0.717) is 5.56 Å². The standard InChI is InChI=1S/C15H15NO3S2/c1-12(15-5-3-11-20-15)16-21(18,19)14-8-6-13(7-9-14)4-2-10-17/h3,5-9,11-12,16-17H,10H2,1H3. The van der Waals surface area contributed by atoms with E-state index in [0.717, 1.165) is 4.88 Å². The van der Waals surface area contributed by atoms with E-state index in [1.54, 1.807) is 12.1 Å². The molecule has 0 radical (unpaired) electrons. The first-order chi connectivity index (χ1) is 10.0. The van der Waals surface area contributed by atoms with Crippen LogP contribution in [0.15, 0.2) is 46.7 Å². The van der Waals surface area contributed by atoms with Gasteiger partial charge >= 0.3 is 0 Å². The first-order valence-electron chi connectivity index (χ1n) is 6.28. The molecule has 2 aromatic rings. The highest BCUT2D eigenvalue weighted by atomic mass is 32.2. The Morgan fingerprint density at radius 2 is 2.00 bits per heavy atom. The second-order valence-corrected chi connectivity index (χ2v) is 7.04. The Hall–Kier alpha value is -1.65. The van der Waals surface area contributed by atoms with E-state index in [2.05, 4.69) is 16.6 Å². The lowest BCUT2D eigenvalue weighted by atomic mass is 10.2. The number of rotatable bonds is 4. The Bertz CT molecular complexity index is 738. The average Bonchev–Trinajstić information content (AvgIpc) is 2.99. The van der Waals surface area contributed by atoms with Gasteiger partial charge < -0.3 is 5.11 Å². The Balaban J connectivity index is 2.16. The lowest BCUT2D eigenvalue weighted by Crippen LogP contribution is -2.26. The van der Waals surface area contributed by atoms with Crippen LogP contribution in [0.3, 0.4) is 0 Å². The summed E-state index contributed by atoms with van der Waals surface area (Å²) in [6.45, 7) is 1.59. The second kappa shape index (κ2) is 6.87. The molecule has 110 valence electrons. The van der Waals surface area contributed by atoms with E-state index in [9.17, 15) is 8.42 Å². The van der Waals surface area contributed by atoms with Gasteiger partial charge in [-0.05, 0) is 42.6 Å². The number of thiophene rings is 1. The molecule has 1 aromatic carbocycles. The van der Waals surface area contributed by atoms with Crippen LogP contribution < -0.4 is 4.72 Å². The third-order valence-electron chi connectivity index (χ3n) is 2.78. The SMILES string of the molecule is CC(NS(=O)(=O)c1ccc(C#CCO)cc1)c1cccs1. The highest BCUT2D eigenvalue weighted by molar-refractivity contribution is 7.89. The number of benzene rings is 1. The van der Waals surface area contributed by atoms with E-state index in [1.165, 1.54) is 23.5 Å². The van der Waals surface area contributed by atoms with Crippen molar-refractivity contribution in [2.45, 2.75) is 17.9 Å². The minimum absolute atomic E-state index is 0.195. The summed E-state index contributed by atoms with van der Waals surface area (Å²) in [4.78, 5) is 1.16. The van der Waals surface area contributed by atoms with Crippen LogP contribution in [-0.2, 0) is 10.0 Å². The summed E-state index contributed by atoms with van der Waals surface area (Å²) in [6.07, 6.45) is 0. The maximum Gasteiger partial charge on any atom is 0.241 e.